The van der Waals surface area contributed by atoms with E-state index in [1.54, 1.807) is 0 Å². The van der Waals surface area contributed by atoms with E-state index in [1.807, 2.05) is 25.6 Å². The van der Waals surface area contributed by atoms with Crippen molar-refractivity contribution in [3.63, 3.8) is 0 Å². The van der Waals surface area contributed by atoms with Gasteiger partial charge in [0.1, 0.15) is 28.9 Å². The van der Waals surface area contributed by atoms with E-state index in [0.717, 1.165) is 24.7 Å². The summed E-state index contributed by atoms with van der Waals surface area (Å²) in [6.45, 7) is 10.0. The second-order valence-electron chi connectivity index (χ2n) is 10.4. The zero-order valence-electron chi connectivity index (χ0n) is 26.4. The molecule has 14 heteroatoms. The fraction of sp³-hybridized carbons (Fsp3) is 0.500. The number of nitrogens with zero attached hydrogens (tertiary/aromatic N) is 2. The van der Waals surface area contributed by atoms with Crippen LogP contribution in [0, 0.1) is 5.92 Å². The molecule has 2 N–H and O–H groups in total. The van der Waals surface area contributed by atoms with Gasteiger partial charge in [-0.05, 0) is 68.7 Å². The Morgan fingerprint density at radius 2 is 1.80 bits per heavy atom. The molecule has 0 bridgehead atoms. The molecule has 0 amide bonds. The molecule has 0 aliphatic heterocycles. The number of aromatic nitrogens is 1. The smallest absolute Gasteiger partial charge is 0.417 e. The third kappa shape index (κ3) is 12.4. The maximum absolute atomic E-state index is 12.5. The second kappa shape index (κ2) is 18.6. The van der Waals surface area contributed by atoms with E-state index in [2.05, 4.69) is 24.0 Å². The van der Waals surface area contributed by atoms with Gasteiger partial charge in [0.15, 0.2) is 11.9 Å². The third-order valence-corrected chi connectivity index (χ3v) is 7.92. The van der Waals surface area contributed by atoms with Crippen molar-refractivity contribution in [1.82, 2.24) is 4.98 Å². The number of hydrogen-bond acceptors (Lipinski definition) is 9. The van der Waals surface area contributed by atoms with Gasteiger partial charge in [-0.1, -0.05) is 43.9 Å². The van der Waals surface area contributed by atoms with Crippen molar-refractivity contribution in [3.8, 4) is 17.4 Å². The van der Waals surface area contributed by atoms with Crippen LogP contribution in [0.5, 0.6) is 17.4 Å². The van der Waals surface area contributed by atoms with Crippen molar-refractivity contribution >= 4 is 40.8 Å². The highest BCUT2D eigenvalue weighted by molar-refractivity contribution is 7.99. The van der Waals surface area contributed by atoms with E-state index >= 15 is 0 Å². The van der Waals surface area contributed by atoms with E-state index in [0.29, 0.717) is 54.4 Å². The maximum Gasteiger partial charge on any atom is 0.417 e. The van der Waals surface area contributed by atoms with Crippen LogP contribution in [0.4, 0.5) is 13.2 Å². The number of aliphatic hydroxyl groups is 1. The van der Waals surface area contributed by atoms with E-state index in [1.165, 1.54) is 31.2 Å². The number of aliphatic carboxylic acids is 1. The number of thioether (sulfide) groups is 1. The van der Waals surface area contributed by atoms with Crippen LogP contribution in [-0.2, 0) is 20.6 Å². The highest BCUT2D eigenvalue weighted by Gasteiger charge is 2.32. The number of carbonyl (C=O) groups is 2. The van der Waals surface area contributed by atoms with Crippen LogP contribution in [0.2, 0.25) is 5.02 Å². The standard InChI is InChI=1S/C17H29NO3S.C15H11ClF3NO4/c1-5-8-14(18-21-6-2)17-15(19)10-13(11-16(17)20)9-12(4)22-7-3;1-8(14(21)22)23-10-2-4-11(5-3-10)24-13-12(16)6-9(7-20-13)15(17,18)19/h12-13,19H,5-11H2,1-4H3;2-8H,1H3,(H,21,22). The number of oxime groups is 1. The van der Waals surface area contributed by atoms with Crippen molar-refractivity contribution < 1.29 is 47.3 Å². The number of hydrogen-bond donors (Lipinski definition) is 2. The number of halogens is 4. The normalized spacial score (nSPS) is 16.7. The summed E-state index contributed by atoms with van der Waals surface area (Å²) in [4.78, 5) is 31.8. The van der Waals surface area contributed by atoms with E-state index in [4.69, 9.17) is 31.0 Å². The summed E-state index contributed by atoms with van der Waals surface area (Å²) in [5.74, 6) is 0.768. The first-order chi connectivity index (χ1) is 21.7. The minimum Gasteiger partial charge on any atom is -0.511 e. The van der Waals surface area contributed by atoms with Gasteiger partial charge in [-0.2, -0.15) is 24.9 Å². The van der Waals surface area contributed by atoms with Crippen LogP contribution >= 0.6 is 23.4 Å². The Morgan fingerprint density at radius 1 is 1.15 bits per heavy atom. The summed E-state index contributed by atoms with van der Waals surface area (Å²) in [5, 5.41) is 23.4. The Kier molecular flexibility index (Phi) is 15.7. The monoisotopic (exact) mass is 688 g/mol. The molecular formula is C32H40ClF3N2O7S. The molecule has 1 aromatic heterocycles. The van der Waals surface area contributed by atoms with Gasteiger partial charge in [0, 0.05) is 24.3 Å². The first-order valence-electron chi connectivity index (χ1n) is 14.9. The Labute approximate surface area is 276 Å². The van der Waals surface area contributed by atoms with Crippen molar-refractivity contribution in [2.45, 2.75) is 84.3 Å². The number of benzene rings is 1. The number of allylic oxidation sites excluding steroid dienone is 2. The molecule has 1 heterocycles. The summed E-state index contributed by atoms with van der Waals surface area (Å²) < 4.78 is 48.0. The molecule has 0 radical (unpaired) electrons. The molecule has 1 aliphatic carbocycles. The second-order valence-corrected chi connectivity index (χ2v) is 12.5. The number of carbonyl (C=O) groups excluding carboxylic acids is 1. The lowest BCUT2D eigenvalue weighted by molar-refractivity contribution is -0.144. The lowest BCUT2D eigenvalue weighted by Crippen LogP contribution is -2.26. The van der Waals surface area contributed by atoms with Gasteiger partial charge in [0.2, 0.25) is 5.88 Å². The van der Waals surface area contributed by atoms with Gasteiger partial charge < -0.3 is 24.5 Å². The van der Waals surface area contributed by atoms with Crippen molar-refractivity contribution in [1.29, 1.82) is 0 Å². The number of pyridine rings is 1. The lowest BCUT2D eigenvalue weighted by atomic mass is 9.82. The first-order valence-corrected chi connectivity index (χ1v) is 16.3. The first kappa shape index (κ1) is 38.7. The van der Waals surface area contributed by atoms with Crippen molar-refractivity contribution in [2.24, 2.45) is 11.1 Å². The summed E-state index contributed by atoms with van der Waals surface area (Å²) in [6.07, 6.45) is -1.40. The summed E-state index contributed by atoms with van der Waals surface area (Å²) in [5.41, 5.74) is 0.0230. The van der Waals surface area contributed by atoms with Crippen LogP contribution in [0.25, 0.3) is 0 Å². The molecule has 0 spiro atoms. The predicted octanol–water partition coefficient (Wildman–Crippen LogP) is 8.90. The number of ketones is 1. The van der Waals surface area contributed by atoms with Crippen LogP contribution < -0.4 is 9.47 Å². The van der Waals surface area contributed by atoms with Gasteiger partial charge in [0.25, 0.3) is 0 Å². The fourth-order valence-electron chi connectivity index (χ4n) is 4.49. The Balaban J connectivity index is 0.000000322. The number of aliphatic hydroxyl groups excluding tert-OH is 1. The molecule has 2 aromatic rings. The van der Waals surface area contributed by atoms with Gasteiger partial charge in [-0.15, -0.1) is 0 Å². The molecule has 0 saturated carbocycles. The average Bonchev–Trinajstić information content (AvgIpc) is 2.97. The summed E-state index contributed by atoms with van der Waals surface area (Å²) in [6, 6.07) is 6.51. The molecule has 1 aliphatic rings. The SMILES string of the molecule is CC(Oc1ccc(Oc2ncc(C(F)(F)F)cc2Cl)cc1)C(=O)O.CCCC(=NOCC)C1=C(O)CC(CC(C)SCC)CC1=O. The summed E-state index contributed by atoms with van der Waals surface area (Å²) >= 11 is 7.64. The van der Waals surface area contributed by atoms with Crippen LogP contribution in [-0.4, -0.2) is 56.4 Å². The van der Waals surface area contributed by atoms with Gasteiger partial charge in [-0.25, -0.2) is 9.78 Å². The number of ether oxygens (including phenoxy) is 2. The van der Waals surface area contributed by atoms with E-state index < -0.39 is 23.8 Å². The molecule has 3 rings (SSSR count). The maximum atomic E-state index is 12.5. The summed E-state index contributed by atoms with van der Waals surface area (Å²) in [7, 11) is 0. The van der Waals surface area contributed by atoms with Crippen LogP contribution in [0.3, 0.4) is 0 Å². The number of carboxylic acids is 1. The highest BCUT2D eigenvalue weighted by Crippen LogP contribution is 2.35. The van der Waals surface area contributed by atoms with Gasteiger partial charge >= 0.3 is 12.1 Å². The van der Waals surface area contributed by atoms with E-state index in [9.17, 15) is 27.9 Å². The Hall–Kier alpha value is -3.45. The predicted molar refractivity (Wildman–Crippen MR) is 172 cm³/mol. The fourth-order valence-corrected chi connectivity index (χ4v) is 5.67. The minimum atomic E-state index is -4.55. The lowest BCUT2D eigenvalue weighted by Gasteiger charge is -2.25. The van der Waals surface area contributed by atoms with Crippen LogP contribution in [0.15, 0.2) is 53.0 Å². The van der Waals surface area contributed by atoms with Crippen molar-refractivity contribution in [2.75, 3.05) is 12.4 Å². The third-order valence-electron chi connectivity index (χ3n) is 6.55. The molecule has 3 unspecified atom stereocenters. The molecule has 3 atom stereocenters. The Morgan fingerprint density at radius 3 is 2.33 bits per heavy atom. The van der Waals surface area contributed by atoms with E-state index in [-0.39, 0.29) is 34.1 Å². The zero-order valence-corrected chi connectivity index (χ0v) is 28.0. The molecule has 46 heavy (non-hydrogen) atoms. The topological polar surface area (TPSA) is 128 Å². The molecule has 9 nitrogen and oxygen atoms in total. The molecule has 0 fully saturated rings. The molecular weight excluding hydrogens is 649 g/mol. The largest absolute Gasteiger partial charge is 0.511 e. The molecule has 0 saturated heterocycles. The van der Waals surface area contributed by atoms with Gasteiger partial charge in [0.05, 0.1) is 16.8 Å². The zero-order chi connectivity index (χ0) is 34.4. The van der Waals surface area contributed by atoms with Gasteiger partial charge in [-0.3, -0.25) is 4.79 Å². The number of rotatable bonds is 14. The number of carboxylic acid groups (broad SMARTS) is 1. The quantitative estimate of drug-likeness (QED) is 0.148. The number of Topliss-reactive ketones (excluding diaryl/α,β-unsaturated/α-hetero) is 1. The average molecular weight is 689 g/mol. The van der Waals surface area contributed by atoms with Crippen LogP contribution in [0.1, 0.15) is 72.3 Å². The Bertz CT molecular complexity index is 1370. The number of alkyl halides is 3. The minimum absolute atomic E-state index is 0.00866. The molecule has 254 valence electrons. The highest BCUT2D eigenvalue weighted by atomic mass is 35.5. The molecule has 1 aromatic carbocycles. The van der Waals surface area contributed by atoms with Crippen molar-refractivity contribution in [3.05, 3.63) is 58.4 Å².